The van der Waals surface area contributed by atoms with Gasteiger partial charge >= 0.3 is 6.18 Å². The van der Waals surface area contributed by atoms with Crippen LogP contribution in [0.3, 0.4) is 0 Å². The van der Waals surface area contributed by atoms with Gasteiger partial charge in [-0.3, -0.25) is 4.79 Å². The summed E-state index contributed by atoms with van der Waals surface area (Å²) in [6.45, 7) is 2.10. The SMILES string of the molecule is CC(=O)c1cc(N2CCC(C(F)(F)F)CC2)ccc1N. The summed E-state index contributed by atoms with van der Waals surface area (Å²) in [6, 6.07) is 5.03. The third kappa shape index (κ3) is 3.05. The molecule has 1 aliphatic heterocycles. The molecule has 0 radical (unpaired) electrons. The number of nitrogens with two attached hydrogens (primary N) is 1. The summed E-state index contributed by atoms with van der Waals surface area (Å²) >= 11 is 0. The minimum Gasteiger partial charge on any atom is -0.398 e. The van der Waals surface area contributed by atoms with E-state index in [1.54, 1.807) is 18.2 Å². The zero-order valence-electron chi connectivity index (χ0n) is 11.2. The monoisotopic (exact) mass is 286 g/mol. The lowest BCUT2D eigenvalue weighted by molar-refractivity contribution is -0.179. The van der Waals surface area contributed by atoms with Crippen molar-refractivity contribution in [2.45, 2.75) is 25.9 Å². The molecule has 1 aliphatic rings. The highest BCUT2D eigenvalue weighted by atomic mass is 19.4. The highest BCUT2D eigenvalue weighted by molar-refractivity contribution is 6.00. The highest BCUT2D eigenvalue weighted by Gasteiger charge is 2.41. The summed E-state index contributed by atoms with van der Waals surface area (Å²) in [7, 11) is 0. The van der Waals surface area contributed by atoms with E-state index in [0.717, 1.165) is 5.69 Å². The van der Waals surface area contributed by atoms with Crippen molar-refractivity contribution in [3.63, 3.8) is 0 Å². The summed E-state index contributed by atoms with van der Waals surface area (Å²) in [4.78, 5) is 13.3. The fourth-order valence-corrected chi connectivity index (χ4v) is 2.51. The van der Waals surface area contributed by atoms with E-state index in [0.29, 0.717) is 24.3 Å². The molecule has 3 nitrogen and oxygen atoms in total. The summed E-state index contributed by atoms with van der Waals surface area (Å²) in [5.41, 5.74) is 7.28. The predicted octanol–water partition coefficient (Wildman–Crippen LogP) is 3.25. The van der Waals surface area contributed by atoms with Crippen LogP contribution in [0.5, 0.6) is 0 Å². The molecule has 0 atom stereocenters. The van der Waals surface area contributed by atoms with E-state index >= 15 is 0 Å². The van der Waals surface area contributed by atoms with E-state index < -0.39 is 12.1 Å². The largest absolute Gasteiger partial charge is 0.398 e. The van der Waals surface area contributed by atoms with Crippen LogP contribution in [-0.4, -0.2) is 25.0 Å². The number of Topliss-reactive ketones (excluding diaryl/α,β-unsaturated/α-hetero) is 1. The van der Waals surface area contributed by atoms with Crippen LogP contribution in [-0.2, 0) is 0 Å². The molecular weight excluding hydrogens is 269 g/mol. The Balaban J connectivity index is 2.11. The summed E-state index contributed by atoms with van der Waals surface area (Å²) < 4.78 is 37.8. The Morgan fingerprint density at radius 3 is 2.40 bits per heavy atom. The minimum absolute atomic E-state index is 0.0866. The molecule has 0 unspecified atom stereocenters. The molecule has 1 saturated heterocycles. The van der Waals surface area contributed by atoms with Crippen molar-refractivity contribution in [2.24, 2.45) is 5.92 Å². The van der Waals surface area contributed by atoms with Crippen molar-refractivity contribution in [2.75, 3.05) is 23.7 Å². The van der Waals surface area contributed by atoms with Gasteiger partial charge in [-0.25, -0.2) is 0 Å². The molecule has 2 N–H and O–H groups in total. The zero-order valence-corrected chi connectivity index (χ0v) is 11.2. The number of rotatable bonds is 2. The molecule has 0 bridgehead atoms. The zero-order chi connectivity index (χ0) is 14.9. The third-order valence-corrected chi connectivity index (χ3v) is 3.74. The van der Waals surface area contributed by atoms with Gasteiger partial charge in [0.2, 0.25) is 0 Å². The number of piperidine rings is 1. The summed E-state index contributed by atoms with van der Waals surface area (Å²) in [5, 5.41) is 0. The number of carbonyl (C=O) groups excluding carboxylic acids is 1. The van der Waals surface area contributed by atoms with E-state index in [1.807, 2.05) is 4.90 Å². The number of alkyl halides is 3. The van der Waals surface area contributed by atoms with Gasteiger partial charge in [0, 0.05) is 30.0 Å². The van der Waals surface area contributed by atoms with Crippen molar-refractivity contribution >= 4 is 17.2 Å². The highest BCUT2D eigenvalue weighted by Crippen LogP contribution is 2.35. The molecule has 20 heavy (non-hydrogen) atoms. The molecule has 0 aromatic heterocycles. The van der Waals surface area contributed by atoms with Gasteiger partial charge in [-0.05, 0) is 38.0 Å². The van der Waals surface area contributed by atoms with Crippen LogP contribution in [0.1, 0.15) is 30.1 Å². The van der Waals surface area contributed by atoms with E-state index in [-0.39, 0.29) is 18.6 Å². The first kappa shape index (κ1) is 14.7. The fourth-order valence-electron chi connectivity index (χ4n) is 2.51. The molecule has 0 aliphatic carbocycles. The molecule has 0 spiro atoms. The molecular formula is C14H17F3N2O. The van der Waals surface area contributed by atoms with Gasteiger partial charge in [-0.15, -0.1) is 0 Å². The van der Waals surface area contributed by atoms with Crippen LogP contribution in [0.15, 0.2) is 18.2 Å². The van der Waals surface area contributed by atoms with Gasteiger partial charge in [-0.1, -0.05) is 0 Å². The van der Waals surface area contributed by atoms with Crippen LogP contribution in [0, 0.1) is 5.92 Å². The number of nitrogen functional groups attached to an aromatic ring is 1. The maximum atomic E-state index is 12.6. The average molecular weight is 286 g/mol. The number of nitrogens with zero attached hydrogens (tertiary/aromatic N) is 1. The lowest BCUT2D eigenvalue weighted by Crippen LogP contribution is -2.39. The van der Waals surface area contributed by atoms with Crippen LogP contribution in [0.4, 0.5) is 24.5 Å². The molecule has 1 fully saturated rings. The number of hydrogen-bond donors (Lipinski definition) is 1. The van der Waals surface area contributed by atoms with Gasteiger partial charge in [0.25, 0.3) is 0 Å². The van der Waals surface area contributed by atoms with Gasteiger partial charge in [-0.2, -0.15) is 13.2 Å². The van der Waals surface area contributed by atoms with E-state index in [4.69, 9.17) is 5.73 Å². The van der Waals surface area contributed by atoms with Gasteiger partial charge < -0.3 is 10.6 Å². The third-order valence-electron chi connectivity index (χ3n) is 3.74. The Hall–Kier alpha value is -1.72. The summed E-state index contributed by atoms with van der Waals surface area (Å²) in [6.07, 6.45) is -3.94. The smallest absolute Gasteiger partial charge is 0.391 e. The standard InChI is InChI=1S/C14H17F3N2O/c1-9(20)12-8-11(2-3-13(12)18)19-6-4-10(5-7-19)14(15,16)17/h2-3,8,10H,4-7,18H2,1H3. The molecule has 1 heterocycles. The first-order chi connectivity index (χ1) is 9.29. The molecule has 1 aromatic rings. The molecule has 110 valence electrons. The second-order valence-corrected chi connectivity index (χ2v) is 5.13. The summed E-state index contributed by atoms with van der Waals surface area (Å²) in [5.74, 6) is -1.37. The maximum Gasteiger partial charge on any atom is 0.391 e. The first-order valence-electron chi connectivity index (χ1n) is 6.51. The number of ketones is 1. The predicted molar refractivity (Wildman–Crippen MR) is 71.9 cm³/mol. The molecule has 1 aromatic carbocycles. The van der Waals surface area contributed by atoms with E-state index in [2.05, 4.69) is 0 Å². The minimum atomic E-state index is -4.11. The molecule has 0 amide bonds. The normalized spacial score (nSPS) is 17.3. The van der Waals surface area contributed by atoms with Crippen LogP contribution < -0.4 is 10.6 Å². The number of anilines is 2. The average Bonchev–Trinajstić information content (AvgIpc) is 2.38. The van der Waals surface area contributed by atoms with Crippen molar-refractivity contribution < 1.29 is 18.0 Å². The number of halogens is 3. The Morgan fingerprint density at radius 1 is 1.30 bits per heavy atom. The molecule has 6 heteroatoms. The Labute approximate surface area is 115 Å². The Morgan fingerprint density at radius 2 is 1.90 bits per heavy atom. The van der Waals surface area contributed by atoms with Crippen molar-refractivity contribution in [3.05, 3.63) is 23.8 Å². The van der Waals surface area contributed by atoms with Crippen LogP contribution in [0.25, 0.3) is 0 Å². The number of carbonyl (C=O) groups is 1. The van der Waals surface area contributed by atoms with Crippen LogP contribution in [0.2, 0.25) is 0 Å². The van der Waals surface area contributed by atoms with Crippen molar-refractivity contribution in [1.29, 1.82) is 0 Å². The first-order valence-corrected chi connectivity index (χ1v) is 6.51. The Kier molecular flexibility index (Phi) is 3.92. The van der Waals surface area contributed by atoms with Crippen molar-refractivity contribution in [1.82, 2.24) is 0 Å². The fraction of sp³-hybridized carbons (Fsp3) is 0.500. The lowest BCUT2D eigenvalue weighted by Gasteiger charge is -2.34. The number of hydrogen-bond acceptors (Lipinski definition) is 3. The van der Waals surface area contributed by atoms with Gasteiger partial charge in [0.05, 0.1) is 5.92 Å². The lowest BCUT2D eigenvalue weighted by atomic mass is 9.95. The topological polar surface area (TPSA) is 46.3 Å². The number of benzene rings is 1. The van der Waals surface area contributed by atoms with Crippen LogP contribution >= 0.6 is 0 Å². The van der Waals surface area contributed by atoms with E-state index in [1.165, 1.54) is 6.92 Å². The molecule has 0 saturated carbocycles. The van der Waals surface area contributed by atoms with E-state index in [9.17, 15) is 18.0 Å². The van der Waals surface area contributed by atoms with Gasteiger partial charge in [0.15, 0.2) is 5.78 Å². The second kappa shape index (κ2) is 5.34. The van der Waals surface area contributed by atoms with Crippen molar-refractivity contribution in [3.8, 4) is 0 Å². The maximum absolute atomic E-state index is 12.6. The quantitative estimate of drug-likeness (QED) is 0.670. The van der Waals surface area contributed by atoms with Gasteiger partial charge in [0.1, 0.15) is 0 Å². The molecule has 2 rings (SSSR count). The second-order valence-electron chi connectivity index (χ2n) is 5.13. The Bertz CT molecular complexity index is 506.